The van der Waals surface area contributed by atoms with Gasteiger partial charge in [0, 0.05) is 7.05 Å². The van der Waals surface area contributed by atoms with E-state index in [4.69, 9.17) is 11.0 Å². The van der Waals surface area contributed by atoms with Crippen LogP contribution in [-0.2, 0) is 9.63 Å². The minimum atomic E-state index is -0.964. The Morgan fingerprint density at radius 1 is 1.59 bits per heavy atom. The summed E-state index contributed by atoms with van der Waals surface area (Å²) in [5.74, 6) is -0.586. The zero-order valence-corrected chi connectivity index (χ0v) is 10.6. The van der Waals surface area contributed by atoms with Crippen molar-refractivity contribution in [2.45, 2.75) is 13.8 Å². The lowest BCUT2D eigenvalue weighted by atomic mass is 9.98. The molecule has 0 spiro atoms. The summed E-state index contributed by atoms with van der Waals surface area (Å²) in [5, 5.41) is 14.9. The maximum Gasteiger partial charge on any atom is 0.433 e. The molecule has 17 heavy (non-hydrogen) atoms. The highest BCUT2D eigenvalue weighted by Gasteiger charge is 2.27. The average molecular weight is 258 g/mol. The first-order valence-corrected chi connectivity index (χ1v) is 5.61. The highest BCUT2D eigenvalue weighted by Crippen LogP contribution is 2.24. The SMILES string of the molecule is CNC(=O)ON=C(SCC(N)=O)C(C)(C)C#N. The summed E-state index contributed by atoms with van der Waals surface area (Å²) >= 11 is 0.962. The summed E-state index contributed by atoms with van der Waals surface area (Å²) in [6, 6.07) is 1.99. The third-order valence-corrected chi connectivity index (χ3v) is 2.87. The maximum atomic E-state index is 10.8. The number of nitriles is 1. The van der Waals surface area contributed by atoms with E-state index in [0.717, 1.165) is 11.8 Å². The highest BCUT2D eigenvalue weighted by molar-refractivity contribution is 8.14. The van der Waals surface area contributed by atoms with Crippen LogP contribution >= 0.6 is 11.8 Å². The Hall–Kier alpha value is -1.75. The van der Waals surface area contributed by atoms with Crippen LogP contribution in [0.4, 0.5) is 4.79 Å². The molecular weight excluding hydrogens is 244 g/mol. The van der Waals surface area contributed by atoms with Crippen LogP contribution in [-0.4, -0.2) is 29.8 Å². The number of nitrogens with zero attached hydrogens (tertiary/aromatic N) is 2. The molecule has 0 unspecified atom stereocenters. The highest BCUT2D eigenvalue weighted by atomic mass is 32.2. The summed E-state index contributed by atoms with van der Waals surface area (Å²) in [7, 11) is 1.38. The molecule has 0 fully saturated rings. The van der Waals surface area contributed by atoms with Crippen LogP contribution in [0.15, 0.2) is 5.16 Å². The first kappa shape index (κ1) is 15.2. The molecule has 0 heterocycles. The van der Waals surface area contributed by atoms with E-state index >= 15 is 0 Å². The quantitative estimate of drug-likeness (QED) is 0.328. The Morgan fingerprint density at radius 2 is 2.18 bits per heavy atom. The molecule has 0 aromatic rings. The van der Waals surface area contributed by atoms with Gasteiger partial charge in [0.2, 0.25) is 5.91 Å². The third-order valence-electron chi connectivity index (χ3n) is 1.58. The van der Waals surface area contributed by atoms with Gasteiger partial charge < -0.3 is 11.1 Å². The van der Waals surface area contributed by atoms with Crippen LogP contribution in [0, 0.1) is 16.7 Å². The Bertz CT molecular complexity index is 373. The second-order valence-corrected chi connectivity index (χ2v) is 4.48. The number of hydrogen-bond acceptors (Lipinski definition) is 6. The van der Waals surface area contributed by atoms with Crippen LogP contribution in [0.1, 0.15) is 13.8 Å². The lowest BCUT2D eigenvalue weighted by molar-refractivity contribution is -0.115. The summed E-state index contributed by atoms with van der Waals surface area (Å²) in [6.45, 7) is 3.18. The first-order valence-electron chi connectivity index (χ1n) is 4.63. The van der Waals surface area contributed by atoms with Gasteiger partial charge in [0.15, 0.2) is 0 Å². The summed E-state index contributed by atoms with van der Waals surface area (Å²) in [6.07, 6.45) is -0.754. The Balaban J connectivity index is 4.80. The van der Waals surface area contributed by atoms with Gasteiger partial charge in [-0.2, -0.15) is 5.26 Å². The molecule has 0 aliphatic carbocycles. The number of carbonyl (C=O) groups excluding carboxylic acids is 2. The lowest BCUT2D eigenvalue weighted by Gasteiger charge is -2.16. The van der Waals surface area contributed by atoms with Crippen molar-refractivity contribution in [3.05, 3.63) is 0 Å². The van der Waals surface area contributed by atoms with E-state index in [1.165, 1.54) is 7.05 Å². The van der Waals surface area contributed by atoms with Crippen molar-refractivity contribution in [1.29, 1.82) is 5.26 Å². The van der Waals surface area contributed by atoms with E-state index in [0.29, 0.717) is 0 Å². The van der Waals surface area contributed by atoms with Crippen LogP contribution in [0.2, 0.25) is 0 Å². The molecule has 0 saturated heterocycles. The fourth-order valence-corrected chi connectivity index (χ4v) is 1.41. The maximum absolute atomic E-state index is 10.8. The van der Waals surface area contributed by atoms with E-state index in [1.54, 1.807) is 13.8 Å². The first-order chi connectivity index (χ1) is 7.83. The predicted octanol–water partition coefficient (Wildman–Crippen LogP) is 0.424. The fraction of sp³-hybridized carbons (Fsp3) is 0.556. The van der Waals surface area contributed by atoms with Gasteiger partial charge in [0.1, 0.15) is 10.5 Å². The molecule has 0 aromatic carbocycles. The monoisotopic (exact) mass is 258 g/mol. The average Bonchev–Trinajstić information content (AvgIpc) is 2.27. The van der Waals surface area contributed by atoms with Gasteiger partial charge in [-0.05, 0) is 13.8 Å². The minimum absolute atomic E-state index is 0.0406. The van der Waals surface area contributed by atoms with E-state index in [1.807, 2.05) is 6.07 Å². The summed E-state index contributed by atoms with van der Waals surface area (Å²) in [5.41, 5.74) is 4.03. The van der Waals surface area contributed by atoms with Crippen molar-refractivity contribution in [2.75, 3.05) is 12.8 Å². The summed E-state index contributed by atoms with van der Waals surface area (Å²) < 4.78 is 0. The predicted molar refractivity (Wildman–Crippen MR) is 64.0 cm³/mol. The Kier molecular flexibility index (Phi) is 6.06. The number of amides is 2. The molecule has 0 aliphatic heterocycles. The number of carbonyl (C=O) groups is 2. The molecule has 94 valence electrons. The molecule has 0 aromatic heterocycles. The van der Waals surface area contributed by atoms with Crippen molar-refractivity contribution in [2.24, 2.45) is 16.3 Å². The number of oxime groups is 1. The number of nitrogens with two attached hydrogens (primary N) is 1. The van der Waals surface area contributed by atoms with Crippen molar-refractivity contribution < 1.29 is 14.4 Å². The molecule has 3 N–H and O–H groups in total. The van der Waals surface area contributed by atoms with Crippen LogP contribution < -0.4 is 11.1 Å². The minimum Gasteiger partial charge on any atom is -0.369 e. The number of nitrogens with one attached hydrogen (secondary N) is 1. The molecule has 0 saturated carbocycles. The smallest absolute Gasteiger partial charge is 0.369 e. The van der Waals surface area contributed by atoms with E-state index in [-0.39, 0.29) is 10.8 Å². The molecule has 2 amide bonds. The second kappa shape index (κ2) is 6.75. The largest absolute Gasteiger partial charge is 0.433 e. The van der Waals surface area contributed by atoms with Gasteiger partial charge in [-0.25, -0.2) is 4.79 Å². The molecular formula is C9H14N4O3S. The normalized spacial score (nSPS) is 11.5. The van der Waals surface area contributed by atoms with Crippen molar-refractivity contribution in [3.63, 3.8) is 0 Å². The molecule has 0 aliphatic rings. The number of hydrogen-bond donors (Lipinski definition) is 2. The number of thioether (sulfide) groups is 1. The fourth-order valence-electron chi connectivity index (χ4n) is 0.637. The molecule has 0 bridgehead atoms. The Labute approximate surface area is 103 Å². The van der Waals surface area contributed by atoms with Crippen LogP contribution in [0.25, 0.3) is 0 Å². The van der Waals surface area contributed by atoms with Crippen molar-refractivity contribution >= 4 is 28.8 Å². The second-order valence-electron chi connectivity index (χ2n) is 3.52. The van der Waals surface area contributed by atoms with E-state index in [2.05, 4.69) is 15.3 Å². The van der Waals surface area contributed by atoms with Gasteiger partial charge in [-0.3, -0.25) is 9.63 Å². The molecule has 0 rings (SSSR count). The van der Waals surface area contributed by atoms with Gasteiger partial charge in [-0.1, -0.05) is 16.9 Å². The summed E-state index contributed by atoms with van der Waals surface area (Å²) in [4.78, 5) is 26.0. The van der Waals surface area contributed by atoms with Gasteiger partial charge in [0.25, 0.3) is 0 Å². The number of primary amides is 1. The molecule has 8 heteroatoms. The number of rotatable bonds is 4. The van der Waals surface area contributed by atoms with Gasteiger partial charge in [-0.15, -0.1) is 0 Å². The third kappa shape index (κ3) is 5.77. The topological polar surface area (TPSA) is 118 Å². The van der Waals surface area contributed by atoms with Gasteiger partial charge in [0.05, 0.1) is 11.8 Å². The Morgan fingerprint density at radius 3 is 2.59 bits per heavy atom. The molecule has 7 nitrogen and oxygen atoms in total. The van der Waals surface area contributed by atoms with Crippen molar-refractivity contribution in [3.8, 4) is 6.07 Å². The lowest BCUT2D eigenvalue weighted by Crippen LogP contribution is -2.25. The van der Waals surface area contributed by atoms with Crippen LogP contribution in [0.3, 0.4) is 0 Å². The van der Waals surface area contributed by atoms with E-state index in [9.17, 15) is 9.59 Å². The van der Waals surface area contributed by atoms with E-state index < -0.39 is 17.4 Å². The van der Waals surface area contributed by atoms with Gasteiger partial charge >= 0.3 is 6.09 Å². The molecule has 0 atom stereocenters. The van der Waals surface area contributed by atoms with Crippen LogP contribution in [0.5, 0.6) is 0 Å². The standard InChI is InChI=1S/C9H14N4O3S/c1-9(2,5-10)7(17-4-6(11)14)13-16-8(15)12-3/h4H2,1-3H3,(H2,11,14)(H,12,15). The van der Waals surface area contributed by atoms with Crippen molar-refractivity contribution in [1.82, 2.24) is 5.32 Å². The molecule has 0 radical (unpaired) electrons. The zero-order valence-electron chi connectivity index (χ0n) is 9.81. The zero-order chi connectivity index (χ0) is 13.5.